The number of rotatable bonds is 11. The summed E-state index contributed by atoms with van der Waals surface area (Å²) in [5.74, 6) is -0.315. The number of carbonyl (C=O) groups is 2. The van der Waals surface area contributed by atoms with Gasteiger partial charge in [0.25, 0.3) is 5.91 Å². The van der Waals surface area contributed by atoms with Crippen LogP contribution in [0.1, 0.15) is 37.1 Å². The van der Waals surface area contributed by atoms with E-state index in [1.165, 1.54) is 18.4 Å². The lowest BCUT2D eigenvalue weighted by atomic mass is 9.95. The molecule has 8 nitrogen and oxygen atoms in total. The monoisotopic (exact) mass is 461 g/mol. The number of aromatic nitrogens is 2. The zero-order valence-corrected chi connectivity index (χ0v) is 19.0. The number of ketones is 1. The Balaban J connectivity index is 1.60. The first-order valence-corrected chi connectivity index (χ1v) is 11.3. The summed E-state index contributed by atoms with van der Waals surface area (Å²) in [6.45, 7) is 3.65. The molecule has 4 rings (SSSR count). The predicted octanol–water partition coefficient (Wildman–Crippen LogP) is 4.33. The quantitative estimate of drug-likeness (QED) is 0.427. The van der Waals surface area contributed by atoms with E-state index in [1.54, 1.807) is 29.6 Å². The van der Waals surface area contributed by atoms with Crippen LogP contribution in [0, 0.1) is 0 Å². The van der Waals surface area contributed by atoms with Crippen molar-refractivity contribution in [2.75, 3.05) is 13.2 Å². The van der Waals surface area contributed by atoms with Gasteiger partial charge >= 0.3 is 0 Å². The number of nitrogens with zero attached hydrogens (tertiary/aromatic N) is 3. The Bertz CT molecular complexity index is 1160. The molecule has 1 amide bonds. The second-order valence-electron chi connectivity index (χ2n) is 7.95. The summed E-state index contributed by atoms with van der Waals surface area (Å²) in [6, 6.07) is 10.0. The molecule has 3 heterocycles. The molecule has 0 saturated heterocycles. The largest absolute Gasteiger partial charge is 0.503 e. The summed E-state index contributed by atoms with van der Waals surface area (Å²) >= 11 is 0. The number of ether oxygens (including phenoxy) is 1. The van der Waals surface area contributed by atoms with E-state index in [0.717, 1.165) is 12.0 Å². The lowest BCUT2D eigenvalue weighted by molar-refractivity contribution is -0.129. The zero-order valence-electron chi connectivity index (χ0n) is 19.0. The topological polar surface area (TPSA) is 97.8 Å². The SMILES string of the molecule is CCCOc1ccc(C2C(C(=O)/C=C/c3ccco3)=C(O)C(=O)N2CCCn2ccnc2)cc1. The van der Waals surface area contributed by atoms with Crippen LogP contribution in [0.3, 0.4) is 0 Å². The molecule has 0 radical (unpaired) electrons. The van der Waals surface area contributed by atoms with Crippen molar-refractivity contribution in [3.63, 3.8) is 0 Å². The highest BCUT2D eigenvalue weighted by molar-refractivity contribution is 6.14. The summed E-state index contributed by atoms with van der Waals surface area (Å²) in [7, 11) is 0. The Labute approximate surface area is 197 Å². The second kappa shape index (κ2) is 10.7. The summed E-state index contributed by atoms with van der Waals surface area (Å²) in [5.41, 5.74) is 0.774. The van der Waals surface area contributed by atoms with Crippen molar-refractivity contribution < 1.29 is 23.8 Å². The van der Waals surface area contributed by atoms with Crippen molar-refractivity contribution in [1.29, 1.82) is 0 Å². The molecule has 1 unspecified atom stereocenters. The number of furan rings is 1. The summed E-state index contributed by atoms with van der Waals surface area (Å²) in [5, 5.41) is 10.7. The van der Waals surface area contributed by atoms with Crippen LogP contribution < -0.4 is 4.74 Å². The summed E-state index contributed by atoms with van der Waals surface area (Å²) in [4.78, 5) is 31.7. The number of hydrogen-bond acceptors (Lipinski definition) is 6. The van der Waals surface area contributed by atoms with E-state index in [-0.39, 0.29) is 5.57 Å². The highest BCUT2D eigenvalue weighted by Crippen LogP contribution is 2.38. The van der Waals surface area contributed by atoms with Crippen molar-refractivity contribution in [2.45, 2.75) is 32.4 Å². The van der Waals surface area contributed by atoms with Crippen molar-refractivity contribution in [3.05, 3.63) is 90.1 Å². The van der Waals surface area contributed by atoms with Gasteiger partial charge in [-0.15, -0.1) is 0 Å². The molecule has 176 valence electrons. The van der Waals surface area contributed by atoms with Crippen LogP contribution in [0.2, 0.25) is 0 Å². The number of carbonyl (C=O) groups excluding carboxylic acids is 2. The number of benzene rings is 1. The maximum Gasteiger partial charge on any atom is 0.290 e. The Hall–Kier alpha value is -4.07. The molecule has 1 N–H and O–H groups in total. The van der Waals surface area contributed by atoms with Gasteiger partial charge in [-0.05, 0) is 54.8 Å². The van der Waals surface area contributed by atoms with Crippen LogP contribution in [-0.4, -0.2) is 44.4 Å². The third-order valence-corrected chi connectivity index (χ3v) is 5.55. The van der Waals surface area contributed by atoms with Crippen LogP contribution in [0.4, 0.5) is 0 Å². The number of imidazole rings is 1. The van der Waals surface area contributed by atoms with Gasteiger partial charge < -0.3 is 23.7 Å². The number of allylic oxidation sites excluding steroid dienone is 1. The number of amides is 1. The van der Waals surface area contributed by atoms with E-state index in [2.05, 4.69) is 4.98 Å². The molecule has 1 aliphatic heterocycles. The Morgan fingerprint density at radius 3 is 2.74 bits per heavy atom. The average Bonchev–Trinajstić information content (AvgIpc) is 3.60. The van der Waals surface area contributed by atoms with E-state index in [1.807, 2.05) is 42.0 Å². The molecule has 0 fully saturated rings. The molecule has 1 aromatic carbocycles. The normalized spacial score (nSPS) is 16.1. The minimum absolute atomic E-state index is 0.0534. The molecule has 3 aromatic rings. The second-order valence-corrected chi connectivity index (χ2v) is 7.95. The van der Waals surface area contributed by atoms with E-state index in [0.29, 0.717) is 37.6 Å². The fourth-order valence-corrected chi connectivity index (χ4v) is 3.93. The van der Waals surface area contributed by atoms with Gasteiger partial charge in [-0.1, -0.05) is 19.1 Å². The van der Waals surface area contributed by atoms with E-state index < -0.39 is 23.5 Å². The third kappa shape index (κ3) is 5.11. The summed E-state index contributed by atoms with van der Waals surface area (Å²) < 4.78 is 12.8. The first kappa shape index (κ1) is 23.1. The van der Waals surface area contributed by atoms with Gasteiger partial charge in [-0.3, -0.25) is 9.59 Å². The standard InChI is InChI=1S/C26H27N3O5/c1-2-16-33-21-8-6-19(7-9-21)24-23(22(30)11-10-20-5-3-17-34-20)25(31)26(32)29(24)14-4-13-28-15-12-27-18-28/h3,5-12,15,17-18,24,31H,2,4,13-14,16H2,1H3/b11-10+. The van der Waals surface area contributed by atoms with Crippen molar-refractivity contribution >= 4 is 17.8 Å². The maximum atomic E-state index is 13.1. The first-order chi connectivity index (χ1) is 16.6. The third-order valence-electron chi connectivity index (χ3n) is 5.55. The van der Waals surface area contributed by atoms with Crippen LogP contribution >= 0.6 is 0 Å². The molecule has 0 bridgehead atoms. The predicted molar refractivity (Wildman–Crippen MR) is 126 cm³/mol. The highest BCUT2D eigenvalue weighted by atomic mass is 16.5. The van der Waals surface area contributed by atoms with E-state index in [4.69, 9.17) is 9.15 Å². The van der Waals surface area contributed by atoms with Gasteiger partial charge in [0.1, 0.15) is 11.5 Å². The molecule has 1 aliphatic rings. The maximum absolute atomic E-state index is 13.1. The van der Waals surface area contributed by atoms with Crippen LogP contribution in [0.5, 0.6) is 5.75 Å². The smallest absolute Gasteiger partial charge is 0.290 e. The van der Waals surface area contributed by atoms with Crippen LogP contribution in [0.25, 0.3) is 6.08 Å². The number of aliphatic hydroxyl groups excluding tert-OH is 1. The minimum atomic E-state index is -0.704. The molecule has 8 heteroatoms. The Morgan fingerprint density at radius 2 is 2.06 bits per heavy atom. The van der Waals surface area contributed by atoms with Crippen LogP contribution in [0.15, 0.2) is 83.2 Å². The number of aliphatic hydroxyl groups is 1. The van der Waals surface area contributed by atoms with Gasteiger partial charge in [0.15, 0.2) is 11.5 Å². The van der Waals surface area contributed by atoms with Crippen LogP contribution in [-0.2, 0) is 16.1 Å². The fourth-order valence-electron chi connectivity index (χ4n) is 3.93. The molecule has 0 saturated carbocycles. The van der Waals surface area contributed by atoms with E-state index >= 15 is 0 Å². The zero-order chi connectivity index (χ0) is 23.9. The van der Waals surface area contributed by atoms with Gasteiger partial charge in [0.05, 0.1) is 30.8 Å². The lowest BCUT2D eigenvalue weighted by Gasteiger charge is -2.27. The molecular weight excluding hydrogens is 434 g/mol. The first-order valence-electron chi connectivity index (χ1n) is 11.3. The van der Waals surface area contributed by atoms with Crippen molar-refractivity contribution in [2.24, 2.45) is 0 Å². The van der Waals surface area contributed by atoms with Crippen molar-refractivity contribution in [1.82, 2.24) is 14.5 Å². The molecule has 0 aliphatic carbocycles. The Morgan fingerprint density at radius 1 is 1.24 bits per heavy atom. The van der Waals surface area contributed by atoms with Gasteiger partial charge in [-0.25, -0.2) is 4.98 Å². The summed E-state index contributed by atoms with van der Waals surface area (Å²) in [6.07, 6.45) is 11.1. The molecule has 34 heavy (non-hydrogen) atoms. The number of hydrogen-bond donors (Lipinski definition) is 1. The number of aryl methyl sites for hydroxylation is 1. The van der Waals surface area contributed by atoms with Gasteiger partial charge in [0.2, 0.25) is 0 Å². The Kier molecular flexibility index (Phi) is 7.27. The minimum Gasteiger partial charge on any atom is -0.503 e. The van der Waals surface area contributed by atoms with Gasteiger partial charge in [0, 0.05) is 25.5 Å². The average molecular weight is 462 g/mol. The highest BCUT2D eigenvalue weighted by Gasteiger charge is 2.42. The lowest BCUT2D eigenvalue weighted by Crippen LogP contribution is -2.32. The molecular formula is C26H27N3O5. The molecule has 2 aromatic heterocycles. The fraction of sp³-hybridized carbons (Fsp3) is 0.269. The molecule has 0 spiro atoms. The van der Waals surface area contributed by atoms with Crippen molar-refractivity contribution in [3.8, 4) is 5.75 Å². The van der Waals surface area contributed by atoms with Gasteiger partial charge in [-0.2, -0.15) is 0 Å². The molecule has 1 atom stereocenters. The van der Waals surface area contributed by atoms with E-state index in [9.17, 15) is 14.7 Å².